The maximum absolute atomic E-state index is 14.7. The van der Waals surface area contributed by atoms with E-state index in [0.717, 1.165) is 51.2 Å². The molecule has 6 heteroatoms. The fourth-order valence-electron chi connectivity index (χ4n) is 4.20. The number of rotatable bonds is 6. The number of nitrogens with zero attached hydrogens (tertiary/aromatic N) is 3. The predicted octanol–water partition coefficient (Wildman–Crippen LogP) is 2.29. The average Bonchev–Trinajstić information content (AvgIpc) is 2.72. The van der Waals surface area contributed by atoms with E-state index < -0.39 is 0 Å². The molecule has 1 fully saturated rings. The standard InChI is InChI=1S/C22H26FN3O2/c23-19-7-3-6-18-21(19)26(20-8-2-1-5-17(20)22(18)28)10-4-9-24-11-13-25(14-12-24)15-16-27/h1-3,5-8,27H,4,9-16H2. The number of benzene rings is 2. The first-order valence-electron chi connectivity index (χ1n) is 9.94. The van der Waals surface area contributed by atoms with Crippen LogP contribution in [0.2, 0.25) is 0 Å². The first-order chi connectivity index (χ1) is 13.7. The second-order valence-electron chi connectivity index (χ2n) is 7.39. The van der Waals surface area contributed by atoms with Gasteiger partial charge in [-0.3, -0.25) is 9.69 Å². The summed E-state index contributed by atoms with van der Waals surface area (Å²) in [4.78, 5) is 17.5. The molecule has 148 valence electrons. The summed E-state index contributed by atoms with van der Waals surface area (Å²) in [5, 5.41) is 10.1. The third-order valence-electron chi connectivity index (χ3n) is 5.68. The fraction of sp³-hybridized carbons (Fsp3) is 0.409. The smallest absolute Gasteiger partial charge is 0.197 e. The molecule has 1 N–H and O–H groups in total. The summed E-state index contributed by atoms with van der Waals surface area (Å²) < 4.78 is 16.6. The minimum Gasteiger partial charge on any atom is -0.395 e. The van der Waals surface area contributed by atoms with Crippen molar-refractivity contribution >= 4 is 21.8 Å². The van der Waals surface area contributed by atoms with Crippen LogP contribution < -0.4 is 5.43 Å². The Bertz CT molecular complexity index is 1030. The van der Waals surface area contributed by atoms with Crippen LogP contribution in [0.25, 0.3) is 21.8 Å². The summed E-state index contributed by atoms with van der Waals surface area (Å²) in [5.74, 6) is -0.349. The van der Waals surface area contributed by atoms with Crippen LogP contribution in [0, 0.1) is 5.82 Å². The summed E-state index contributed by atoms with van der Waals surface area (Å²) in [7, 11) is 0. The van der Waals surface area contributed by atoms with E-state index in [1.165, 1.54) is 6.07 Å². The molecular formula is C22H26FN3O2. The highest BCUT2D eigenvalue weighted by Crippen LogP contribution is 2.22. The molecule has 0 aliphatic carbocycles. The molecular weight excluding hydrogens is 357 g/mol. The van der Waals surface area contributed by atoms with Gasteiger partial charge in [-0.2, -0.15) is 0 Å². The lowest BCUT2D eigenvalue weighted by Crippen LogP contribution is -2.47. The molecule has 1 aliphatic heterocycles. The van der Waals surface area contributed by atoms with Crippen LogP contribution in [0.3, 0.4) is 0 Å². The Morgan fingerprint density at radius 2 is 1.54 bits per heavy atom. The van der Waals surface area contributed by atoms with Crippen molar-refractivity contribution in [2.24, 2.45) is 0 Å². The zero-order chi connectivity index (χ0) is 19.5. The Balaban J connectivity index is 1.56. The number of hydrogen-bond donors (Lipinski definition) is 1. The van der Waals surface area contributed by atoms with E-state index >= 15 is 0 Å². The lowest BCUT2D eigenvalue weighted by atomic mass is 10.1. The van der Waals surface area contributed by atoms with Gasteiger partial charge in [0, 0.05) is 50.0 Å². The zero-order valence-corrected chi connectivity index (χ0v) is 16.0. The lowest BCUT2D eigenvalue weighted by Gasteiger charge is -2.34. The number of pyridine rings is 1. The van der Waals surface area contributed by atoms with E-state index in [1.54, 1.807) is 12.1 Å². The molecule has 0 saturated carbocycles. The molecule has 1 aliphatic rings. The van der Waals surface area contributed by atoms with Crippen LogP contribution in [-0.2, 0) is 6.54 Å². The van der Waals surface area contributed by atoms with Gasteiger partial charge in [0.2, 0.25) is 0 Å². The number of halogens is 1. The number of para-hydroxylation sites is 2. The van der Waals surface area contributed by atoms with Crippen LogP contribution in [0.4, 0.5) is 4.39 Å². The molecule has 2 aromatic carbocycles. The van der Waals surface area contributed by atoms with Crippen LogP contribution in [0.5, 0.6) is 0 Å². The maximum Gasteiger partial charge on any atom is 0.197 e. The summed E-state index contributed by atoms with van der Waals surface area (Å²) in [5.41, 5.74) is 1.08. The topological polar surface area (TPSA) is 48.7 Å². The molecule has 4 rings (SSSR count). The molecule has 0 atom stereocenters. The second kappa shape index (κ2) is 8.39. The third kappa shape index (κ3) is 3.68. The SMILES string of the molecule is O=c1c2ccccc2n(CCCN2CCN(CCO)CC2)c2c(F)cccc12. The number of hydrogen-bond acceptors (Lipinski definition) is 4. The van der Waals surface area contributed by atoms with Crippen molar-refractivity contribution in [2.45, 2.75) is 13.0 Å². The molecule has 0 unspecified atom stereocenters. The van der Waals surface area contributed by atoms with Crippen LogP contribution >= 0.6 is 0 Å². The van der Waals surface area contributed by atoms with E-state index in [-0.39, 0.29) is 17.9 Å². The van der Waals surface area contributed by atoms with Gasteiger partial charge in [-0.05, 0) is 37.2 Å². The van der Waals surface area contributed by atoms with Gasteiger partial charge in [0.25, 0.3) is 0 Å². The minimum atomic E-state index is -0.349. The number of fused-ring (bicyclic) bond motifs is 2. The van der Waals surface area contributed by atoms with Gasteiger partial charge in [0.05, 0.1) is 17.6 Å². The average molecular weight is 383 g/mol. The molecule has 0 radical (unpaired) electrons. The molecule has 0 amide bonds. The normalized spacial score (nSPS) is 16.2. The van der Waals surface area contributed by atoms with Gasteiger partial charge in [0.15, 0.2) is 5.43 Å². The number of aryl methyl sites for hydroxylation is 1. The monoisotopic (exact) mass is 383 g/mol. The second-order valence-corrected chi connectivity index (χ2v) is 7.39. The number of β-amino-alcohol motifs (C(OH)–C–C–N with tert-alkyl or cyclic N) is 1. The highest BCUT2D eigenvalue weighted by molar-refractivity contribution is 5.93. The summed E-state index contributed by atoms with van der Waals surface area (Å²) >= 11 is 0. The molecule has 0 bridgehead atoms. The highest BCUT2D eigenvalue weighted by Gasteiger charge is 2.17. The Morgan fingerprint density at radius 3 is 2.29 bits per heavy atom. The van der Waals surface area contributed by atoms with Crippen molar-refractivity contribution in [3.05, 3.63) is 58.5 Å². The van der Waals surface area contributed by atoms with Crippen molar-refractivity contribution in [2.75, 3.05) is 45.9 Å². The van der Waals surface area contributed by atoms with Gasteiger partial charge in [-0.25, -0.2) is 4.39 Å². The number of aromatic nitrogens is 1. The molecule has 3 aromatic rings. The minimum absolute atomic E-state index is 0.110. The van der Waals surface area contributed by atoms with E-state index in [4.69, 9.17) is 5.11 Å². The predicted molar refractivity (Wildman–Crippen MR) is 110 cm³/mol. The van der Waals surface area contributed by atoms with Crippen molar-refractivity contribution in [3.63, 3.8) is 0 Å². The molecule has 5 nitrogen and oxygen atoms in total. The third-order valence-corrected chi connectivity index (χ3v) is 5.68. The maximum atomic E-state index is 14.7. The largest absolute Gasteiger partial charge is 0.395 e. The fourth-order valence-corrected chi connectivity index (χ4v) is 4.20. The first kappa shape index (κ1) is 19.1. The van der Waals surface area contributed by atoms with Crippen molar-refractivity contribution in [1.82, 2.24) is 14.4 Å². The summed E-state index contributed by atoms with van der Waals surface area (Å²) in [6, 6.07) is 12.2. The van der Waals surface area contributed by atoms with Crippen LogP contribution in [0.1, 0.15) is 6.42 Å². The van der Waals surface area contributed by atoms with Crippen molar-refractivity contribution < 1.29 is 9.50 Å². The molecule has 0 spiro atoms. The van der Waals surface area contributed by atoms with Gasteiger partial charge in [0.1, 0.15) is 5.82 Å². The van der Waals surface area contributed by atoms with Crippen molar-refractivity contribution in [3.8, 4) is 0 Å². The van der Waals surface area contributed by atoms with E-state index in [1.807, 2.05) is 28.8 Å². The van der Waals surface area contributed by atoms with Gasteiger partial charge in [-0.15, -0.1) is 0 Å². The molecule has 1 aromatic heterocycles. The molecule has 2 heterocycles. The van der Waals surface area contributed by atoms with Gasteiger partial charge >= 0.3 is 0 Å². The number of aliphatic hydroxyl groups excluding tert-OH is 1. The molecule has 1 saturated heterocycles. The number of aliphatic hydroxyl groups is 1. The quantitative estimate of drug-likeness (QED) is 0.664. The van der Waals surface area contributed by atoms with Crippen molar-refractivity contribution in [1.29, 1.82) is 0 Å². The number of piperazine rings is 1. The Morgan fingerprint density at radius 1 is 0.857 bits per heavy atom. The Hall–Kier alpha value is -2.28. The Kier molecular flexibility index (Phi) is 5.71. The van der Waals surface area contributed by atoms with Gasteiger partial charge < -0.3 is 14.6 Å². The van der Waals surface area contributed by atoms with Crippen LogP contribution in [0.15, 0.2) is 47.3 Å². The van der Waals surface area contributed by atoms with E-state index in [2.05, 4.69) is 9.80 Å². The lowest BCUT2D eigenvalue weighted by molar-refractivity contribution is 0.111. The van der Waals surface area contributed by atoms with Gasteiger partial charge in [-0.1, -0.05) is 18.2 Å². The van der Waals surface area contributed by atoms with E-state index in [0.29, 0.717) is 22.8 Å². The summed E-state index contributed by atoms with van der Waals surface area (Å²) in [6.07, 6.45) is 0.885. The highest BCUT2D eigenvalue weighted by atomic mass is 19.1. The van der Waals surface area contributed by atoms with Crippen LogP contribution in [-0.4, -0.2) is 65.3 Å². The first-order valence-corrected chi connectivity index (χ1v) is 9.94. The van der Waals surface area contributed by atoms with E-state index in [9.17, 15) is 9.18 Å². The zero-order valence-electron chi connectivity index (χ0n) is 16.0. The molecule has 28 heavy (non-hydrogen) atoms. The summed E-state index contributed by atoms with van der Waals surface area (Å²) in [6.45, 7) is 6.46. The Labute approximate surface area is 163 Å².